The summed E-state index contributed by atoms with van der Waals surface area (Å²) in [5.41, 5.74) is 2.09. The highest BCUT2D eigenvalue weighted by molar-refractivity contribution is 9.10. The van der Waals surface area contributed by atoms with Crippen LogP contribution in [0.5, 0.6) is 5.75 Å². The van der Waals surface area contributed by atoms with Crippen LogP contribution in [0.4, 0.5) is 5.69 Å². The highest BCUT2D eigenvalue weighted by Gasteiger charge is 2.15. The molecule has 2 aromatic carbocycles. The number of carbonyl (C=O) groups excluding carboxylic acids is 1. The van der Waals surface area contributed by atoms with E-state index in [1.807, 2.05) is 25.1 Å². The van der Waals surface area contributed by atoms with Gasteiger partial charge >= 0.3 is 0 Å². The van der Waals surface area contributed by atoms with E-state index in [2.05, 4.69) is 40.4 Å². The van der Waals surface area contributed by atoms with Gasteiger partial charge in [-0.15, -0.1) is 0 Å². The van der Waals surface area contributed by atoms with Gasteiger partial charge < -0.3 is 10.1 Å². The number of anilines is 1. The first kappa shape index (κ1) is 21.7. The third kappa shape index (κ3) is 6.79. The van der Waals surface area contributed by atoms with Crippen molar-refractivity contribution in [1.82, 2.24) is 5.32 Å². The van der Waals surface area contributed by atoms with Gasteiger partial charge in [0.25, 0.3) is 5.91 Å². The summed E-state index contributed by atoms with van der Waals surface area (Å²) in [7, 11) is 0. The fourth-order valence-electron chi connectivity index (χ4n) is 2.21. The number of benzene rings is 2. The molecule has 0 bridgehead atoms. The Morgan fingerprint density at radius 3 is 2.67 bits per heavy atom. The average molecular weight is 470 g/mol. The van der Waals surface area contributed by atoms with Crippen molar-refractivity contribution >= 4 is 56.5 Å². The van der Waals surface area contributed by atoms with E-state index in [0.717, 1.165) is 16.5 Å². The molecule has 0 aliphatic rings. The number of thiocarbonyl (C=S) groups is 1. The first-order valence-electron chi connectivity index (χ1n) is 8.57. The molecule has 144 valence electrons. The molecule has 0 spiro atoms. The Balaban J connectivity index is 2.06. The molecule has 4 nitrogen and oxygen atoms in total. The molecule has 0 atom stereocenters. The van der Waals surface area contributed by atoms with Gasteiger partial charge in [0.2, 0.25) is 0 Å². The minimum absolute atomic E-state index is 0.188. The molecule has 0 fully saturated rings. The Hall–Kier alpha value is -1.63. The number of carbonyl (C=O) groups is 1. The summed E-state index contributed by atoms with van der Waals surface area (Å²) in [6.07, 6.45) is 0.908. The Kier molecular flexibility index (Phi) is 8.07. The third-order valence-electron chi connectivity index (χ3n) is 3.80. The first-order valence-corrected chi connectivity index (χ1v) is 10.1. The van der Waals surface area contributed by atoms with Crippen LogP contribution in [0.3, 0.4) is 0 Å². The maximum Gasteiger partial charge on any atom is 0.261 e. The Labute approximate surface area is 178 Å². The van der Waals surface area contributed by atoms with Crippen molar-refractivity contribution in [2.75, 3.05) is 11.9 Å². The predicted molar refractivity (Wildman–Crippen MR) is 119 cm³/mol. The zero-order chi connectivity index (χ0) is 20.0. The largest absolute Gasteiger partial charge is 0.493 e. The molecule has 2 rings (SSSR count). The second kappa shape index (κ2) is 10.1. The minimum Gasteiger partial charge on any atom is -0.493 e. The maximum atomic E-state index is 12.7. The van der Waals surface area contributed by atoms with Gasteiger partial charge in [-0.1, -0.05) is 47.4 Å². The highest BCUT2D eigenvalue weighted by Crippen LogP contribution is 2.24. The summed E-state index contributed by atoms with van der Waals surface area (Å²) in [6.45, 7) is 6.71. The van der Waals surface area contributed by atoms with Crippen molar-refractivity contribution in [3.63, 3.8) is 0 Å². The molecular weight excluding hydrogens is 448 g/mol. The molecule has 0 aliphatic heterocycles. The van der Waals surface area contributed by atoms with Gasteiger partial charge in [0.05, 0.1) is 12.2 Å². The molecule has 0 unspecified atom stereocenters. The van der Waals surface area contributed by atoms with Gasteiger partial charge in [-0.3, -0.25) is 10.1 Å². The van der Waals surface area contributed by atoms with Crippen molar-refractivity contribution in [3.05, 3.63) is 57.0 Å². The van der Waals surface area contributed by atoms with E-state index < -0.39 is 0 Å². The zero-order valence-electron chi connectivity index (χ0n) is 15.4. The second-order valence-corrected chi connectivity index (χ2v) is 8.27. The molecule has 0 radical (unpaired) electrons. The number of amides is 1. The molecule has 0 saturated heterocycles. The smallest absolute Gasteiger partial charge is 0.261 e. The standard InChI is InChI=1S/C20H22BrClN2O2S/c1-12(2)8-9-26-18-7-5-14(21)10-16(18)19(25)24-20(27)23-15-6-4-13(3)17(22)11-15/h4-7,10-12H,8-9H2,1-3H3,(H2,23,24,25,27). The lowest BCUT2D eigenvalue weighted by Crippen LogP contribution is -2.34. The van der Waals surface area contributed by atoms with Crippen LogP contribution in [0.15, 0.2) is 40.9 Å². The van der Waals surface area contributed by atoms with Crippen LogP contribution >= 0.6 is 39.7 Å². The molecule has 27 heavy (non-hydrogen) atoms. The lowest BCUT2D eigenvalue weighted by molar-refractivity contribution is 0.0973. The van der Waals surface area contributed by atoms with Crippen molar-refractivity contribution in [2.24, 2.45) is 5.92 Å². The SMILES string of the molecule is Cc1ccc(NC(=S)NC(=O)c2cc(Br)ccc2OCCC(C)C)cc1Cl. The maximum absolute atomic E-state index is 12.7. The fourth-order valence-corrected chi connectivity index (χ4v) is 2.97. The molecule has 0 heterocycles. The van der Waals surface area contributed by atoms with Gasteiger partial charge in [0, 0.05) is 15.2 Å². The number of ether oxygens (including phenoxy) is 1. The van der Waals surface area contributed by atoms with Crippen LogP contribution in [0.25, 0.3) is 0 Å². The molecule has 1 amide bonds. The molecule has 0 aliphatic carbocycles. The zero-order valence-corrected chi connectivity index (χ0v) is 18.6. The predicted octanol–water partition coefficient (Wildman–Crippen LogP) is 5.96. The quantitative estimate of drug-likeness (QED) is 0.512. The van der Waals surface area contributed by atoms with E-state index >= 15 is 0 Å². The summed E-state index contributed by atoms with van der Waals surface area (Å²) in [6, 6.07) is 10.8. The van der Waals surface area contributed by atoms with Crippen molar-refractivity contribution in [3.8, 4) is 5.75 Å². The van der Waals surface area contributed by atoms with Gasteiger partial charge in [0.15, 0.2) is 5.11 Å². The van der Waals surface area contributed by atoms with Gasteiger partial charge in [0.1, 0.15) is 5.75 Å². The Bertz CT molecular complexity index is 843. The van der Waals surface area contributed by atoms with Crippen molar-refractivity contribution < 1.29 is 9.53 Å². The summed E-state index contributed by atoms with van der Waals surface area (Å²) >= 11 is 14.8. The number of nitrogens with one attached hydrogen (secondary N) is 2. The monoisotopic (exact) mass is 468 g/mol. The van der Waals surface area contributed by atoms with Gasteiger partial charge in [-0.05, 0) is 67.4 Å². The van der Waals surface area contributed by atoms with Crippen molar-refractivity contribution in [2.45, 2.75) is 27.2 Å². The van der Waals surface area contributed by atoms with E-state index in [4.69, 9.17) is 28.6 Å². The Morgan fingerprint density at radius 1 is 1.26 bits per heavy atom. The third-order valence-corrected chi connectivity index (χ3v) is 4.90. The van der Waals surface area contributed by atoms with E-state index in [9.17, 15) is 4.79 Å². The van der Waals surface area contributed by atoms with Crippen LogP contribution in [-0.4, -0.2) is 17.6 Å². The average Bonchev–Trinajstić information content (AvgIpc) is 2.59. The number of hydrogen-bond donors (Lipinski definition) is 2. The lowest BCUT2D eigenvalue weighted by atomic mass is 10.1. The number of rotatable bonds is 6. The molecule has 0 aromatic heterocycles. The summed E-state index contributed by atoms with van der Waals surface area (Å²) < 4.78 is 6.58. The summed E-state index contributed by atoms with van der Waals surface area (Å²) in [5.74, 6) is 0.708. The van der Waals surface area contributed by atoms with E-state index in [-0.39, 0.29) is 11.0 Å². The normalized spacial score (nSPS) is 10.6. The minimum atomic E-state index is -0.341. The number of hydrogen-bond acceptors (Lipinski definition) is 3. The topological polar surface area (TPSA) is 50.4 Å². The lowest BCUT2D eigenvalue weighted by Gasteiger charge is -2.14. The number of halogens is 2. The fraction of sp³-hybridized carbons (Fsp3) is 0.300. The molecule has 2 N–H and O–H groups in total. The van der Waals surface area contributed by atoms with E-state index in [1.165, 1.54) is 0 Å². The van der Waals surface area contributed by atoms with Crippen LogP contribution in [0, 0.1) is 12.8 Å². The van der Waals surface area contributed by atoms with Crippen LogP contribution in [0.2, 0.25) is 5.02 Å². The van der Waals surface area contributed by atoms with Gasteiger partial charge in [-0.25, -0.2) is 0 Å². The highest BCUT2D eigenvalue weighted by atomic mass is 79.9. The van der Waals surface area contributed by atoms with E-state index in [0.29, 0.717) is 34.5 Å². The summed E-state index contributed by atoms with van der Waals surface area (Å²) in [4.78, 5) is 12.7. The van der Waals surface area contributed by atoms with Crippen LogP contribution in [-0.2, 0) is 0 Å². The van der Waals surface area contributed by atoms with Crippen molar-refractivity contribution in [1.29, 1.82) is 0 Å². The second-order valence-electron chi connectivity index (χ2n) is 6.54. The number of aryl methyl sites for hydroxylation is 1. The van der Waals surface area contributed by atoms with Gasteiger partial charge in [-0.2, -0.15) is 0 Å². The Morgan fingerprint density at radius 2 is 2.00 bits per heavy atom. The molecule has 0 saturated carbocycles. The van der Waals surface area contributed by atoms with E-state index in [1.54, 1.807) is 18.2 Å². The first-order chi connectivity index (χ1) is 12.8. The van der Waals surface area contributed by atoms with Crippen LogP contribution < -0.4 is 15.4 Å². The van der Waals surface area contributed by atoms with Crippen LogP contribution in [0.1, 0.15) is 36.2 Å². The molecular formula is C20H22BrClN2O2S. The molecule has 2 aromatic rings. The summed E-state index contributed by atoms with van der Waals surface area (Å²) in [5, 5.41) is 6.46. The molecule has 7 heteroatoms.